The van der Waals surface area contributed by atoms with Gasteiger partial charge in [0.05, 0.1) is 23.1 Å². The molecule has 0 radical (unpaired) electrons. The van der Waals surface area contributed by atoms with Crippen LogP contribution in [-0.4, -0.2) is 65.3 Å². The van der Waals surface area contributed by atoms with Crippen molar-refractivity contribution in [2.45, 2.75) is 19.3 Å². The third-order valence-corrected chi connectivity index (χ3v) is 6.91. The Kier molecular flexibility index (Phi) is 6.07. The summed E-state index contributed by atoms with van der Waals surface area (Å²) >= 11 is 0. The van der Waals surface area contributed by atoms with Crippen molar-refractivity contribution < 1.29 is 18.3 Å². The van der Waals surface area contributed by atoms with Crippen LogP contribution in [0.15, 0.2) is 36.7 Å². The predicted molar refractivity (Wildman–Crippen MR) is 105 cm³/mol. The van der Waals surface area contributed by atoms with E-state index in [0.29, 0.717) is 30.3 Å². The van der Waals surface area contributed by atoms with Crippen LogP contribution in [-0.2, 0) is 16.6 Å². The minimum absolute atomic E-state index is 0.211. The first-order chi connectivity index (χ1) is 13.3. The Bertz CT molecular complexity index is 937. The van der Waals surface area contributed by atoms with Gasteiger partial charge in [0, 0.05) is 38.9 Å². The van der Waals surface area contributed by atoms with E-state index in [2.05, 4.69) is 9.97 Å². The van der Waals surface area contributed by atoms with Gasteiger partial charge >= 0.3 is 5.97 Å². The fraction of sp³-hybridized carbons (Fsp3) is 0.421. The molecule has 2 heterocycles. The van der Waals surface area contributed by atoms with Crippen molar-refractivity contribution in [3.63, 3.8) is 0 Å². The lowest BCUT2D eigenvalue weighted by Crippen LogP contribution is -2.44. The molecule has 1 aromatic heterocycles. The van der Waals surface area contributed by atoms with Gasteiger partial charge in [0.25, 0.3) is 10.2 Å². The number of carboxylic acids is 1. The van der Waals surface area contributed by atoms with E-state index >= 15 is 0 Å². The predicted octanol–water partition coefficient (Wildman–Crippen LogP) is 1.90. The molecule has 0 aliphatic carbocycles. The smallest absolute Gasteiger partial charge is 0.335 e. The van der Waals surface area contributed by atoms with E-state index < -0.39 is 16.2 Å². The number of hydrogen-bond donors (Lipinski definition) is 1. The van der Waals surface area contributed by atoms with Gasteiger partial charge in [-0.05, 0) is 37.3 Å². The monoisotopic (exact) mass is 404 g/mol. The van der Waals surface area contributed by atoms with Crippen LogP contribution in [0.25, 0.3) is 11.3 Å². The number of nitrogens with zero attached hydrogens (tertiary/aromatic N) is 4. The Balaban J connectivity index is 1.61. The van der Waals surface area contributed by atoms with Gasteiger partial charge in [-0.1, -0.05) is 12.1 Å². The average Bonchev–Trinajstić information content (AvgIpc) is 2.69. The first-order valence-electron chi connectivity index (χ1n) is 9.09. The normalized spacial score (nSPS) is 16.4. The van der Waals surface area contributed by atoms with Crippen LogP contribution in [0.5, 0.6) is 0 Å². The van der Waals surface area contributed by atoms with Crippen molar-refractivity contribution in [1.29, 1.82) is 0 Å². The molecular formula is C19H24N4O4S. The minimum Gasteiger partial charge on any atom is -0.478 e. The summed E-state index contributed by atoms with van der Waals surface area (Å²) in [6.45, 7) is 1.03. The number of benzene rings is 1. The zero-order chi connectivity index (χ0) is 20.3. The number of aromatic carboxylic acids is 1. The van der Waals surface area contributed by atoms with Crippen LogP contribution < -0.4 is 0 Å². The summed E-state index contributed by atoms with van der Waals surface area (Å²) < 4.78 is 27.1. The van der Waals surface area contributed by atoms with Gasteiger partial charge in [0.15, 0.2) is 0 Å². The molecule has 0 bridgehead atoms. The summed E-state index contributed by atoms with van der Waals surface area (Å²) in [4.78, 5) is 20.0. The third kappa shape index (κ3) is 4.54. The number of rotatable bonds is 6. The molecule has 3 rings (SSSR count). The Morgan fingerprint density at radius 3 is 2.50 bits per heavy atom. The second-order valence-corrected chi connectivity index (χ2v) is 9.26. The highest BCUT2D eigenvalue weighted by atomic mass is 32.2. The summed E-state index contributed by atoms with van der Waals surface area (Å²) in [5, 5.41) is 9.10. The Morgan fingerprint density at radius 1 is 1.21 bits per heavy atom. The number of carbonyl (C=O) groups is 1. The summed E-state index contributed by atoms with van der Waals surface area (Å²) in [5.74, 6) is -0.613. The lowest BCUT2D eigenvalue weighted by atomic mass is 9.93. The van der Waals surface area contributed by atoms with Gasteiger partial charge in [-0.15, -0.1) is 0 Å². The van der Waals surface area contributed by atoms with Crippen molar-refractivity contribution in [3.8, 4) is 11.3 Å². The SMILES string of the molecule is CN(C)S(=O)(=O)N1CCC(Cc2cnc(-c3cccc(C(=O)O)c3)cn2)CC1. The number of piperidine rings is 1. The van der Waals surface area contributed by atoms with Crippen LogP contribution >= 0.6 is 0 Å². The maximum absolute atomic E-state index is 12.2. The molecular weight excluding hydrogens is 380 g/mol. The van der Waals surface area contributed by atoms with Crippen LogP contribution in [0.2, 0.25) is 0 Å². The second kappa shape index (κ2) is 8.34. The van der Waals surface area contributed by atoms with Crippen LogP contribution in [0.4, 0.5) is 0 Å². The van der Waals surface area contributed by atoms with Crippen molar-refractivity contribution in [2.75, 3.05) is 27.2 Å². The van der Waals surface area contributed by atoms with Crippen molar-refractivity contribution in [3.05, 3.63) is 47.9 Å². The molecule has 0 atom stereocenters. The largest absolute Gasteiger partial charge is 0.478 e. The molecule has 28 heavy (non-hydrogen) atoms. The van der Waals surface area contributed by atoms with Crippen LogP contribution in [0.1, 0.15) is 28.9 Å². The molecule has 1 saturated heterocycles. The molecule has 8 nitrogen and oxygen atoms in total. The highest BCUT2D eigenvalue weighted by Gasteiger charge is 2.29. The van der Waals surface area contributed by atoms with E-state index in [1.54, 1.807) is 44.7 Å². The van der Waals surface area contributed by atoms with Crippen molar-refractivity contribution in [1.82, 2.24) is 18.6 Å². The van der Waals surface area contributed by atoms with E-state index in [4.69, 9.17) is 5.11 Å². The molecule has 1 aliphatic heterocycles. The first kappa shape index (κ1) is 20.4. The zero-order valence-electron chi connectivity index (χ0n) is 15.9. The molecule has 2 aromatic rings. The molecule has 0 amide bonds. The van der Waals surface area contributed by atoms with E-state index in [1.165, 1.54) is 14.7 Å². The quantitative estimate of drug-likeness (QED) is 0.789. The number of hydrogen-bond acceptors (Lipinski definition) is 5. The van der Waals surface area contributed by atoms with E-state index in [-0.39, 0.29) is 5.56 Å². The van der Waals surface area contributed by atoms with Crippen LogP contribution in [0, 0.1) is 5.92 Å². The van der Waals surface area contributed by atoms with E-state index in [9.17, 15) is 13.2 Å². The molecule has 1 fully saturated rings. The van der Waals surface area contributed by atoms with Crippen LogP contribution in [0.3, 0.4) is 0 Å². The molecule has 1 aromatic carbocycles. The number of carboxylic acid groups (broad SMARTS) is 1. The Morgan fingerprint density at radius 2 is 1.93 bits per heavy atom. The fourth-order valence-corrected chi connectivity index (χ4v) is 4.43. The molecule has 150 valence electrons. The van der Waals surface area contributed by atoms with E-state index in [1.807, 2.05) is 0 Å². The highest BCUT2D eigenvalue weighted by Crippen LogP contribution is 2.24. The molecule has 1 N–H and O–H groups in total. The fourth-order valence-electron chi connectivity index (χ4n) is 3.29. The first-order valence-corrected chi connectivity index (χ1v) is 10.5. The summed E-state index contributed by atoms with van der Waals surface area (Å²) in [7, 11) is -0.253. The Labute approximate surface area is 165 Å². The van der Waals surface area contributed by atoms with Gasteiger partial charge in [-0.2, -0.15) is 17.0 Å². The van der Waals surface area contributed by atoms with Gasteiger partial charge in [0.2, 0.25) is 0 Å². The molecule has 0 unspecified atom stereocenters. The average molecular weight is 404 g/mol. The standard InChI is InChI=1S/C19H24N4O4S/c1-22(2)28(26,27)23-8-6-14(7-9-23)10-17-12-21-18(13-20-17)15-4-3-5-16(11-15)19(24)25/h3-5,11-14H,6-10H2,1-2H3,(H,24,25). The molecule has 9 heteroatoms. The van der Waals surface area contributed by atoms with Gasteiger partial charge < -0.3 is 5.11 Å². The van der Waals surface area contributed by atoms with Gasteiger partial charge in [0.1, 0.15) is 0 Å². The highest BCUT2D eigenvalue weighted by molar-refractivity contribution is 7.86. The Hall–Kier alpha value is -2.36. The third-order valence-electron chi connectivity index (χ3n) is 4.97. The maximum atomic E-state index is 12.2. The lowest BCUT2D eigenvalue weighted by Gasteiger charge is -2.32. The zero-order valence-corrected chi connectivity index (χ0v) is 16.8. The summed E-state index contributed by atoms with van der Waals surface area (Å²) in [6, 6.07) is 6.60. The molecule has 0 saturated carbocycles. The molecule has 0 spiro atoms. The minimum atomic E-state index is -3.35. The lowest BCUT2D eigenvalue weighted by molar-refractivity contribution is 0.0697. The summed E-state index contributed by atoms with van der Waals surface area (Å²) in [5.41, 5.74) is 2.40. The van der Waals surface area contributed by atoms with Gasteiger partial charge in [-0.3, -0.25) is 9.97 Å². The topological polar surface area (TPSA) is 104 Å². The number of aromatic nitrogens is 2. The molecule has 1 aliphatic rings. The second-order valence-electron chi connectivity index (χ2n) is 7.12. The summed E-state index contributed by atoms with van der Waals surface area (Å²) in [6.07, 6.45) is 5.69. The van der Waals surface area contributed by atoms with Gasteiger partial charge in [-0.25, -0.2) is 4.79 Å². The van der Waals surface area contributed by atoms with E-state index in [0.717, 1.165) is 25.0 Å². The van der Waals surface area contributed by atoms with Crippen molar-refractivity contribution >= 4 is 16.2 Å². The van der Waals surface area contributed by atoms with Crippen molar-refractivity contribution in [2.24, 2.45) is 5.92 Å². The maximum Gasteiger partial charge on any atom is 0.335 e.